The van der Waals surface area contributed by atoms with Crippen LogP contribution in [0.5, 0.6) is 0 Å². The average molecular weight is 543 g/mol. The highest BCUT2D eigenvalue weighted by Gasteiger charge is 2.40. The number of carboxylic acid groups (broad SMARTS) is 3. The van der Waals surface area contributed by atoms with Crippen molar-refractivity contribution in [1.29, 1.82) is 0 Å². The zero-order valence-electron chi connectivity index (χ0n) is 21.9. The minimum absolute atomic E-state index is 0.148. The third kappa shape index (κ3) is 9.93. The Morgan fingerprint density at radius 1 is 0.923 bits per heavy atom. The summed E-state index contributed by atoms with van der Waals surface area (Å²) in [6, 6.07) is 10.3. The van der Waals surface area contributed by atoms with E-state index in [1.54, 1.807) is 12.4 Å². The van der Waals surface area contributed by atoms with Crippen LogP contribution in [0, 0.1) is 13.8 Å². The van der Waals surface area contributed by atoms with Crippen molar-refractivity contribution in [2.75, 3.05) is 13.2 Å². The summed E-state index contributed by atoms with van der Waals surface area (Å²) in [7, 11) is 0. The molecule has 0 fully saturated rings. The van der Waals surface area contributed by atoms with Crippen molar-refractivity contribution in [1.82, 2.24) is 19.4 Å². The molecule has 0 radical (unpaired) electrons. The Bertz CT molecular complexity index is 1220. The molecule has 12 nitrogen and oxygen atoms in total. The Morgan fingerprint density at radius 2 is 1.49 bits per heavy atom. The highest BCUT2D eigenvalue weighted by molar-refractivity contribution is 5.88. The maximum Gasteiger partial charge on any atom is 0.336 e. The molecular weight excluding hydrogens is 508 g/mol. The van der Waals surface area contributed by atoms with Gasteiger partial charge in [-0.05, 0) is 48.7 Å². The van der Waals surface area contributed by atoms with Gasteiger partial charge in [-0.2, -0.15) is 0 Å². The fourth-order valence-electron chi connectivity index (χ4n) is 4.01. The first kappa shape index (κ1) is 31.1. The quantitative estimate of drug-likeness (QED) is 0.212. The van der Waals surface area contributed by atoms with E-state index in [-0.39, 0.29) is 6.61 Å². The number of aromatic nitrogens is 3. The van der Waals surface area contributed by atoms with Crippen LogP contribution in [-0.4, -0.2) is 81.6 Å². The lowest BCUT2D eigenvalue weighted by molar-refractivity contribution is -0.170. The summed E-state index contributed by atoms with van der Waals surface area (Å²) < 4.78 is 2.33. The number of hydrogen-bond acceptors (Lipinski definition) is 8. The monoisotopic (exact) mass is 542 g/mol. The van der Waals surface area contributed by atoms with Crippen molar-refractivity contribution in [3.05, 3.63) is 83.2 Å². The van der Waals surface area contributed by atoms with E-state index in [0.717, 1.165) is 25.2 Å². The lowest BCUT2D eigenvalue weighted by Gasteiger charge is -2.21. The lowest BCUT2D eigenvalue weighted by atomic mass is 9.96. The number of nitrogens with zero attached hydrogens (tertiary/aromatic N) is 4. The maximum absolute atomic E-state index is 10.3. The van der Waals surface area contributed by atoms with Crippen LogP contribution >= 0.6 is 0 Å². The minimum atomic E-state index is -2.74. The number of aliphatic hydroxyl groups excluding tert-OH is 1. The molecule has 3 aromatic rings. The van der Waals surface area contributed by atoms with Crippen LogP contribution in [0.3, 0.4) is 0 Å². The first-order chi connectivity index (χ1) is 18.4. The van der Waals surface area contributed by atoms with Gasteiger partial charge in [0.1, 0.15) is 0 Å². The summed E-state index contributed by atoms with van der Waals surface area (Å²) in [5.41, 5.74) is 3.42. The molecule has 0 spiro atoms. The van der Waals surface area contributed by atoms with Crippen molar-refractivity contribution in [2.45, 2.75) is 51.9 Å². The second kappa shape index (κ2) is 14.7. The molecule has 0 bridgehead atoms. The number of carboxylic acids is 3. The Balaban J connectivity index is 0.000000349. The molecule has 0 unspecified atom stereocenters. The molecule has 0 saturated heterocycles. The van der Waals surface area contributed by atoms with Crippen LogP contribution in [0.4, 0.5) is 0 Å². The molecule has 5 N–H and O–H groups in total. The van der Waals surface area contributed by atoms with Gasteiger partial charge in [-0.1, -0.05) is 12.1 Å². The van der Waals surface area contributed by atoms with E-state index in [0.29, 0.717) is 6.54 Å². The van der Waals surface area contributed by atoms with Crippen molar-refractivity contribution >= 4 is 17.9 Å². The van der Waals surface area contributed by atoms with Crippen LogP contribution in [0.2, 0.25) is 0 Å². The zero-order chi connectivity index (χ0) is 29.0. The van der Waals surface area contributed by atoms with Gasteiger partial charge >= 0.3 is 17.9 Å². The Labute approximate surface area is 225 Å². The van der Waals surface area contributed by atoms with Gasteiger partial charge in [0.15, 0.2) is 5.60 Å². The van der Waals surface area contributed by atoms with Gasteiger partial charge in [0.2, 0.25) is 0 Å². The van der Waals surface area contributed by atoms with E-state index in [1.165, 1.54) is 22.5 Å². The van der Waals surface area contributed by atoms with E-state index in [4.69, 9.17) is 20.4 Å². The van der Waals surface area contributed by atoms with Gasteiger partial charge in [-0.25, -0.2) is 4.79 Å². The highest BCUT2D eigenvalue weighted by atomic mass is 16.4. The Kier molecular flexibility index (Phi) is 11.7. The standard InChI is InChI=1S/C21H26N4O.C6H8O7/c1-17-11-21(18(2)25(17)15-20-6-4-8-23-13-20)16-24(9-10-26)14-19-5-3-7-22-12-19;7-3(8)1-6(13,5(11)12)2-4(9)10/h3-8,11-13,26H,9-10,14-16H2,1-2H3;13H,1-2H2,(H,7,8)(H,9,10)(H,11,12). The lowest BCUT2D eigenvalue weighted by Crippen LogP contribution is -2.42. The molecule has 0 aromatic carbocycles. The smallest absolute Gasteiger partial charge is 0.336 e. The second-order valence-corrected chi connectivity index (χ2v) is 9.12. The highest BCUT2D eigenvalue weighted by Crippen LogP contribution is 2.20. The summed E-state index contributed by atoms with van der Waals surface area (Å²) in [6.07, 6.45) is 5.10. The minimum Gasteiger partial charge on any atom is -0.481 e. The van der Waals surface area contributed by atoms with Crippen LogP contribution in [-0.2, 0) is 34.0 Å². The number of carbonyl (C=O) groups is 3. The van der Waals surface area contributed by atoms with Crippen molar-refractivity contribution in [3.8, 4) is 0 Å². The predicted octanol–water partition coefficient (Wildman–Crippen LogP) is 1.69. The summed E-state index contributed by atoms with van der Waals surface area (Å²) in [4.78, 5) is 41.1. The SMILES string of the molecule is Cc1cc(CN(CCO)Cc2cccnc2)c(C)n1Cc1cccnc1.O=C(O)CC(O)(CC(=O)O)C(=O)O. The molecule has 39 heavy (non-hydrogen) atoms. The molecule has 0 aliphatic carbocycles. The van der Waals surface area contributed by atoms with Crippen molar-refractivity contribution in [2.24, 2.45) is 0 Å². The molecule has 0 aliphatic rings. The number of aliphatic carboxylic acids is 3. The number of aryl methyl sites for hydroxylation is 1. The number of pyridine rings is 2. The van der Waals surface area contributed by atoms with Crippen LogP contribution < -0.4 is 0 Å². The Hall–Kier alpha value is -4.13. The van der Waals surface area contributed by atoms with Crippen LogP contribution in [0.15, 0.2) is 55.1 Å². The van der Waals surface area contributed by atoms with Gasteiger partial charge < -0.3 is 30.1 Å². The molecule has 210 valence electrons. The number of aliphatic hydroxyl groups is 2. The number of hydrogen-bond donors (Lipinski definition) is 5. The average Bonchev–Trinajstić information content (AvgIpc) is 3.12. The van der Waals surface area contributed by atoms with Gasteiger partial charge in [-0.3, -0.25) is 24.5 Å². The van der Waals surface area contributed by atoms with Crippen molar-refractivity contribution in [3.63, 3.8) is 0 Å². The van der Waals surface area contributed by atoms with Gasteiger partial charge in [0.25, 0.3) is 0 Å². The van der Waals surface area contributed by atoms with E-state index in [2.05, 4.69) is 51.5 Å². The van der Waals surface area contributed by atoms with E-state index in [9.17, 15) is 19.5 Å². The summed E-state index contributed by atoms with van der Waals surface area (Å²) in [5, 5.41) is 43.3. The van der Waals surface area contributed by atoms with Crippen molar-refractivity contribution < 1.29 is 39.9 Å². The topological polar surface area (TPSA) is 186 Å². The van der Waals surface area contributed by atoms with Gasteiger partial charge in [0, 0.05) is 62.4 Å². The van der Waals surface area contributed by atoms with Gasteiger partial charge in [0.05, 0.1) is 19.4 Å². The predicted molar refractivity (Wildman–Crippen MR) is 140 cm³/mol. The molecule has 0 saturated carbocycles. The first-order valence-corrected chi connectivity index (χ1v) is 12.1. The fraction of sp³-hybridized carbons (Fsp3) is 0.370. The summed E-state index contributed by atoms with van der Waals surface area (Å²) >= 11 is 0. The van der Waals surface area contributed by atoms with Gasteiger partial charge in [-0.15, -0.1) is 0 Å². The zero-order valence-corrected chi connectivity index (χ0v) is 21.9. The molecule has 0 aliphatic heterocycles. The second-order valence-electron chi connectivity index (χ2n) is 9.12. The Morgan fingerprint density at radius 3 is 1.95 bits per heavy atom. The maximum atomic E-state index is 10.3. The molecule has 3 aromatic heterocycles. The van der Waals surface area contributed by atoms with Crippen LogP contribution in [0.1, 0.15) is 40.9 Å². The largest absolute Gasteiger partial charge is 0.481 e. The molecular formula is C27H34N4O8. The van der Waals surface area contributed by atoms with E-state index < -0.39 is 36.4 Å². The number of rotatable bonds is 13. The molecule has 3 heterocycles. The third-order valence-corrected chi connectivity index (χ3v) is 5.97. The fourth-order valence-corrected chi connectivity index (χ4v) is 4.01. The van der Waals surface area contributed by atoms with E-state index >= 15 is 0 Å². The third-order valence-electron chi connectivity index (χ3n) is 5.97. The summed E-state index contributed by atoms with van der Waals surface area (Å²) in [5.74, 6) is -5.02. The molecule has 12 heteroatoms. The molecule has 0 atom stereocenters. The van der Waals surface area contributed by atoms with E-state index in [1.807, 2.05) is 24.5 Å². The first-order valence-electron chi connectivity index (χ1n) is 12.1. The normalized spacial score (nSPS) is 11.1. The summed E-state index contributed by atoms with van der Waals surface area (Å²) in [6.45, 7) is 7.51. The molecule has 0 amide bonds. The molecule has 3 rings (SSSR count). The van der Waals surface area contributed by atoms with Crippen LogP contribution in [0.25, 0.3) is 0 Å².